The topological polar surface area (TPSA) is 138 Å². The predicted molar refractivity (Wildman–Crippen MR) is 193 cm³/mol. The molecular formula is C37H35ClF4N6O5. The van der Waals surface area contributed by atoms with E-state index in [0.717, 1.165) is 23.3 Å². The highest BCUT2D eigenvalue weighted by atomic mass is 35.5. The van der Waals surface area contributed by atoms with E-state index in [2.05, 4.69) is 30.9 Å². The number of aromatic amines is 1. The van der Waals surface area contributed by atoms with Crippen LogP contribution in [-0.2, 0) is 14.3 Å². The standard InChI is InChI=1S/C37H35ClF4N6O5/c1-48(2)12-5-8-32(50)45-24-15-21(35-26-10-9-23(17-31(26)46-47-35)44-30-7-4-3-6-27(30)38)14-22(16-24)37(51)43-11-13-52-19-25(49)20-53-36-33(41)28(39)18-29(40)34(36)42/h3-4,6-7,9-10,14-18,44H,5,8,11-13,19-20H2,1-2H3,(H,43,51)(H,45,50)(H,46,47). The van der Waals surface area contributed by atoms with Crippen molar-refractivity contribution in [1.29, 1.82) is 0 Å². The number of anilines is 3. The molecule has 5 rings (SSSR count). The maximum atomic E-state index is 13.8. The smallest absolute Gasteiger partial charge is 0.251 e. The van der Waals surface area contributed by atoms with E-state index in [1.54, 1.807) is 18.2 Å². The van der Waals surface area contributed by atoms with E-state index in [-0.39, 0.29) is 37.1 Å². The van der Waals surface area contributed by atoms with Crippen LogP contribution in [0.4, 0.5) is 34.6 Å². The molecule has 2 amide bonds. The van der Waals surface area contributed by atoms with Crippen molar-refractivity contribution in [1.82, 2.24) is 20.4 Å². The van der Waals surface area contributed by atoms with Gasteiger partial charge >= 0.3 is 0 Å². The van der Waals surface area contributed by atoms with Crippen molar-refractivity contribution in [2.75, 3.05) is 57.6 Å². The Labute approximate surface area is 306 Å². The highest BCUT2D eigenvalue weighted by Crippen LogP contribution is 2.33. The van der Waals surface area contributed by atoms with Gasteiger partial charge in [-0.1, -0.05) is 23.7 Å². The van der Waals surface area contributed by atoms with Gasteiger partial charge in [0, 0.05) is 46.9 Å². The average Bonchev–Trinajstić information content (AvgIpc) is 3.54. The van der Waals surface area contributed by atoms with Crippen LogP contribution in [0.2, 0.25) is 5.02 Å². The second-order valence-electron chi connectivity index (χ2n) is 12.1. The van der Waals surface area contributed by atoms with Gasteiger partial charge in [-0.25, -0.2) is 8.78 Å². The highest BCUT2D eigenvalue weighted by Gasteiger charge is 2.22. The third-order valence-electron chi connectivity index (χ3n) is 7.72. The number of nitrogens with one attached hydrogen (secondary N) is 4. The van der Waals surface area contributed by atoms with Gasteiger partial charge in [-0.05, 0) is 75.6 Å². The molecule has 0 unspecified atom stereocenters. The second kappa shape index (κ2) is 17.8. The Bertz CT molecular complexity index is 2100. The molecule has 16 heteroatoms. The summed E-state index contributed by atoms with van der Waals surface area (Å²) in [5.74, 6) is -9.77. The number of nitrogens with zero attached hydrogens (tertiary/aromatic N) is 2. The summed E-state index contributed by atoms with van der Waals surface area (Å²) in [6.07, 6.45) is 0.896. The molecule has 4 N–H and O–H groups in total. The zero-order valence-electron chi connectivity index (χ0n) is 28.6. The summed E-state index contributed by atoms with van der Waals surface area (Å²) in [4.78, 5) is 40.1. The molecular weight excluding hydrogens is 720 g/mol. The number of ether oxygens (including phenoxy) is 2. The fraction of sp³-hybridized carbons (Fsp3) is 0.243. The van der Waals surface area contributed by atoms with Gasteiger partial charge in [0.1, 0.15) is 13.2 Å². The molecule has 0 saturated heterocycles. The normalized spacial score (nSPS) is 11.2. The van der Waals surface area contributed by atoms with Gasteiger partial charge in [-0.2, -0.15) is 13.9 Å². The summed E-state index contributed by atoms with van der Waals surface area (Å²) in [5.41, 5.74) is 3.87. The van der Waals surface area contributed by atoms with Crippen molar-refractivity contribution in [3.8, 4) is 17.0 Å². The maximum absolute atomic E-state index is 13.8. The number of hydrogen-bond donors (Lipinski definition) is 4. The Balaban J connectivity index is 1.24. The Morgan fingerprint density at radius 3 is 2.40 bits per heavy atom. The van der Waals surface area contributed by atoms with E-state index >= 15 is 0 Å². The molecule has 1 aromatic heterocycles. The molecule has 4 aromatic carbocycles. The first-order valence-corrected chi connectivity index (χ1v) is 16.7. The highest BCUT2D eigenvalue weighted by molar-refractivity contribution is 6.33. The lowest BCUT2D eigenvalue weighted by Crippen LogP contribution is -2.28. The summed E-state index contributed by atoms with van der Waals surface area (Å²) in [5, 5.41) is 17.7. The monoisotopic (exact) mass is 754 g/mol. The van der Waals surface area contributed by atoms with Crippen LogP contribution in [0.5, 0.6) is 5.75 Å². The van der Waals surface area contributed by atoms with Crippen LogP contribution in [-0.4, -0.2) is 79.7 Å². The number of para-hydroxylation sites is 1. The molecule has 0 radical (unpaired) electrons. The number of amides is 2. The van der Waals surface area contributed by atoms with E-state index in [4.69, 9.17) is 16.3 Å². The molecule has 0 atom stereocenters. The van der Waals surface area contributed by atoms with Gasteiger partial charge < -0.3 is 30.3 Å². The molecule has 5 aromatic rings. The number of aromatic nitrogens is 2. The fourth-order valence-electron chi connectivity index (χ4n) is 5.18. The zero-order valence-corrected chi connectivity index (χ0v) is 29.4. The average molecular weight is 755 g/mol. The molecule has 1 heterocycles. The summed E-state index contributed by atoms with van der Waals surface area (Å²) < 4.78 is 64.1. The number of carbonyl (C=O) groups excluding carboxylic acids is 3. The predicted octanol–water partition coefficient (Wildman–Crippen LogP) is 6.86. The fourth-order valence-corrected chi connectivity index (χ4v) is 5.36. The van der Waals surface area contributed by atoms with Crippen LogP contribution >= 0.6 is 11.6 Å². The first-order chi connectivity index (χ1) is 25.4. The molecule has 0 fully saturated rings. The molecule has 0 bridgehead atoms. The molecule has 0 aliphatic heterocycles. The molecule has 278 valence electrons. The van der Waals surface area contributed by atoms with E-state index < -0.39 is 53.9 Å². The van der Waals surface area contributed by atoms with Gasteiger partial charge in [-0.3, -0.25) is 19.5 Å². The Morgan fingerprint density at radius 2 is 1.66 bits per heavy atom. The second-order valence-corrected chi connectivity index (χ2v) is 12.5. The summed E-state index contributed by atoms with van der Waals surface area (Å²) in [6, 6.07) is 17.8. The van der Waals surface area contributed by atoms with Gasteiger partial charge in [0.15, 0.2) is 23.2 Å². The Hall–Kier alpha value is -5.51. The lowest BCUT2D eigenvalue weighted by molar-refractivity contribution is -0.125. The number of carbonyl (C=O) groups is 3. The van der Waals surface area contributed by atoms with Crippen LogP contribution in [0, 0.1) is 23.3 Å². The van der Waals surface area contributed by atoms with Crippen molar-refractivity contribution in [2.24, 2.45) is 0 Å². The summed E-state index contributed by atoms with van der Waals surface area (Å²) in [6.45, 7) is -0.954. The Morgan fingerprint density at radius 1 is 0.906 bits per heavy atom. The Kier molecular flexibility index (Phi) is 13.0. The van der Waals surface area contributed by atoms with Crippen LogP contribution in [0.3, 0.4) is 0 Å². The number of fused-ring (bicyclic) bond motifs is 1. The lowest BCUT2D eigenvalue weighted by atomic mass is 10.0. The number of ketones is 1. The molecule has 53 heavy (non-hydrogen) atoms. The third kappa shape index (κ3) is 10.3. The third-order valence-corrected chi connectivity index (χ3v) is 8.05. The molecule has 0 saturated carbocycles. The number of H-pyrrole nitrogens is 1. The van der Waals surface area contributed by atoms with Crippen LogP contribution in [0.25, 0.3) is 22.2 Å². The number of hydrogen-bond acceptors (Lipinski definition) is 8. The van der Waals surface area contributed by atoms with Crippen molar-refractivity contribution in [3.05, 3.63) is 101 Å². The van der Waals surface area contributed by atoms with E-state index in [9.17, 15) is 31.9 Å². The van der Waals surface area contributed by atoms with E-state index in [1.807, 2.05) is 55.4 Å². The maximum Gasteiger partial charge on any atom is 0.251 e. The SMILES string of the molecule is CN(C)CCCC(=O)Nc1cc(C(=O)NCCOCC(=O)COc2c(F)c(F)cc(F)c2F)cc(-c2n[nH]c3cc(Nc4ccccc4Cl)ccc23)c1. The molecule has 0 aliphatic carbocycles. The minimum Gasteiger partial charge on any atom is -0.479 e. The number of halogens is 5. The van der Waals surface area contributed by atoms with E-state index in [0.29, 0.717) is 33.9 Å². The van der Waals surface area contributed by atoms with Gasteiger partial charge in [-0.15, -0.1) is 0 Å². The van der Waals surface area contributed by atoms with Crippen molar-refractivity contribution in [3.63, 3.8) is 0 Å². The van der Waals surface area contributed by atoms with Crippen molar-refractivity contribution in [2.45, 2.75) is 12.8 Å². The summed E-state index contributed by atoms with van der Waals surface area (Å²) in [7, 11) is 3.83. The van der Waals surface area contributed by atoms with Crippen LogP contribution < -0.4 is 20.7 Å². The van der Waals surface area contributed by atoms with Gasteiger partial charge in [0.05, 0.1) is 28.5 Å². The lowest BCUT2D eigenvalue weighted by Gasteiger charge is -2.12. The quantitative estimate of drug-likeness (QED) is 0.0460. The van der Waals surface area contributed by atoms with Crippen LogP contribution in [0.15, 0.2) is 66.7 Å². The first-order valence-electron chi connectivity index (χ1n) is 16.3. The van der Waals surface area contributed by atoms with Crippen LogP contribution in [0.1, 0.15) is 23.2 Å². The van der Waals surface area contributed by atoms with Crippen molar-refractivity contribution < 1.29 is 41.4 Å². The number of benzene rings is 4. The zero-order chi connectivity index (χ0) is 38.1. The first kappa shape index (κ1) is 38.7. The largest absolute Gasteiger partial charge is 0.479 e. The van der Waals surface area contributed by atoms with Gasteiger partial charge in [0.2, 0.25) is 17.5 Å². The molecule has 0 aliphatic rings. The number of rotatable bonds is 17. The number of Topliss-reactive ketones (excluding diaryl/α,β-unsaturated/α-hetero) is 1. The summed E-state index contributed by atoms with van der Waals surface area (Å²) >= 11 is 6.30. The molecule has 11 nitrogen and oxygen atoms in total. The van der Waals surface area contributed by atoms with Gasteiger partial charge in [0.25, 0.3) is 5.91 Å². The van der Waals surface area contributed by atoms with Crippen molar-refractivity contribution >= 4 is 57.2 Å². The minimum absolute atomic E-state index is 0.0219. The van der Waals surface area contributed by atoms with E-state index in [1.165, 1.54) is 6.07 Å². The minimum atomic E-state index is -1.77. The molecule has 0 spiro atoms.